The van der Waals surface area contributed by atoms with Crippen molar-refractivity contribution in [3.05, 3.63) is 0 Å². The third-order valence-corrected chi connectivity index (χ3v) is 5.62. The average Bonchev–Trinajstić information content (AvgIpc) is 3.14. The van der Waals surface area contributed by atoms with Gasteiger partial charge in [-0.1, -0.05) is 0 Å². The van der Waals surface area contributed by atoms with E-state index in [1.54, 1.807) is 6.92 Å². The highest BCUT2D eigenvalue weighted by Gasteiger charge is 2.48. The molecule has 13 unspecified atom stereocenters. The predicted octanol–water partition coefficient (Wildman–Crippen LogP) is -5.22. The SMILES string of the molecule is CC1OC(COC2OC(COC3OC(CO)C(O)C(O)C3O)C(O)C2O)C(O)C1O. The van der Waals surface area contributed by atoms with Crippen LogP contribution in [0.25, 0.3) is 0 Å². The lowest BCUT2D eigenvalue weighted by Gasteiger charge is -2.39. The molecule has 176 valence electrons. The Hall–Kier alpha value is -0.520. The van der Waals surface area contributed by atoms with Gasteiger partial charge in [0.2, 0.25) is 0 Å². The van der Waals surface area contributed by atoms with Crippen LogP contribution in [-0.4, -0.2) is 140 Å². The Balaban J connectivity index is 1.49. The van der Waals surface area contributed by atoms with E-state index in [-0.39, 0.29) is 13.2 Å². The summed E-state index contributed by atoms with van der Waals surface area (Å²) in [6, 6.07) is 0. The Morgan fingerprint density at radius 2 is 1.00 bits per heavy atom. The maximum Gasteiger partial charge on any atom is 0.186 e. The van der Waals surface area contributed by atoms with Gasteiger partial charge in [-0.25, -0.2) is 0 Å². The van der Waals surface area contributed by atoms with Gasteiger partial charge in [0.05, 0.1) is 25.9 Å². The summed E-state index contributed by atoms with van der Waals surface area (Å²) in [6.07, 6.45) is -16.2. The molecule has 3 fully saturated rings. The lowest BCUT2D eigenvalue weighted by atomic mass is 9.99. The average molecular weight is 442 g/mol. The van der Waals surface area contributed by atoms with Crippen LogP contribution in [0.2, 0.25) is 0 Å². The molecule has 13 atom stereocenters. The number of rotatable bonds is 7. The largest absolute Gasteiger partial charge is 0.394 e. The molecule has 13 heteroatoms. The van der Waals surface area contributed by atoms with Crippen molar-refractivity contribution in [3.63, 3.8) is 0 Å². The minimum atomic E-state index is -1.62. The van der Waals surface area contributed by atoms with E-state index in [0.717, 1.165) is 0 Å². The monoisotopic (exact) mass is 442 g/mol. The fourth-order valence-corrected chi connectivity index (χ4v) is 3.65. The number of ether oxygens (including phenoxy) is 5. The molecule has 30 heavy (non-hydrogen) atoms. The molecule has 0 aromatic heterocycles. The van der Waals surface area contributed by atoms with Crippen molar-refractivity contribution in [2.45, 2.75) is 86.6 Å². The van der Waals surface area contributed by atoms with Crippen molar-refractivity contribution < 1.29 is 64.5 Å². The summed E-state index contributed by atoms with van der Waals surface area (Å²) in [5.41, 5.74) is 0. The van der Waals surface area contributed by atoms with Crippen LogP contribution >= 0.6 is 0 Å². The van der Waals surface area contributed by atoms with Gasteiger partial charge in [0.15, 0.2) is 12.6 Å². The zero-order valence-corrected chi connectivity index (χ0v) is 16.2. The lowest BCUT2D eigenvalue weighted by molar-refractivity contribution is -0.307. The first-order valence-corrected chi connectivity index (χ1v) is 9.72. The molecule has 8 N–H and O–H groups in total. The summed E-state index contributed by atoms with van der Waals surface area (Å²) in [5.74, 6) is 0. The van der Waals surface area contributed by atoms with Crippen LogP contribution in [0.15, 0.2) is 0 Å². The van der Waals surface area contributed by atoms with Gasteiger partial charge in [0.1, 0.15) is 61.0 Å². The topological polar surface area (TPSA) is 208 Å². The van der Waals surface area contributed by atoms with E-state index >= 15 is 0 Å². The second-order valence-electron chi connectivity index (χ2n) is 7.75. The highest BCUT2D eigenvalue weighted by molar-refractivity contribution is 4.92. The Kier molecular flexibility index (Phi) is 8.01. The number of hydrogen-bond acceptors (Lipinski definition) is 13. The third kappa shape index (κ3) is 4.78. The molecule has 0 spiro atoms. The van der Waals surface area contributed by atoms with E-state index in [4.69, 9.17) is 23.7 Å². The molecule has 3 aliphatic rings. The molecule has 0 radical (unpaired) electrons. The quantitative estimate of drug-likeness (QED) is 0.186. The summed E-state index contributed by atoms with van der Waals surface area (Å²) >= 11 is 0. The van der Waals surface area contributed by atoms with Crippen LogP contribution in [0, 0.1) is 0 Å². The van der Waals surface area contributed by atoms with E-state index in [2.05, 4.69) is 0 Å². The fourth-order valence-electron chi connectivity index (χ4n) is 3.65. The van der Waals surface area contributed by atoms with Crippen LogP contribution in [-0.2, 0) is 23.7 Å². The van der Waals surface area contributed by atoms with Gasteiger partial charge in [-0.2, -0.15) is 0 Å². The first kappa shape index (κ1) is 24.1. The van der Waals surface area contributed by atoms with Gasteiger partial charge in [-0.15, -0.1) is 0 Å². The summed E-state index contributed by atoms with van der Waals surface area (Å²) in [6.45, 7) is 0.381. The minimum absolute atomic E-state index is 0.211. The summed E-state index contributed by atoms with van der Waals surface area (Å²) in [4.78, 5) is 0. The van der Waals surface area contributed by atoms with E-state index < -0.39 is 86.3 Å². The van der Waals surface area contributed by atoms with Gasteiger partial charge < -0.3 is 64.5 Å². The van der Waals surface area contributed by atoms with Gasteiger partial charge in [0.25, 0.3) is 0 Å². The molecular weight excluding hydrogens is 412 g/mol. The van der Waals surface area contributed by atoms with E-state index in [9.17, 15) is 40.9 Å². The van der Waals surface area contributed by atoms with Crippen LogP contribution in [0.3, 0.4) is 0 Å². The first-order chi connectivity index (χ1) is 14.1. The molecule has 3 saturated heterocycles. The zero-order valence-electron chi connectivity index (χ0n) is 16.2. The number of aliphatic hydroxyl groups excluding tert-OH is 8. The second-order valence-corrected chi connectivity index (χ2v) is 7.75. The molecule has 0 bridgehead atoms. The van der Waals surface area contributed by atoms with Crippen molar-refractivity contribution in [3.8, 4) is 0 Å². The first-order valence-electron chi connectivity index (χ1n) is 9.72. The normalized spacial score (nSPS) is 52.1. The van der Waals surface area contributed by atoms with Crippen LogP contribution in [0.1, 0.15) is 6.92 Å². The zero-order chi connectivity index (χ0) is 22.2. The van der Waals surface area contributed by atoms with Crippen LogP contribution < -0.4 is 0 Å². The predicted molar refractivity (Wildman–Crippen MR) is 92.7 cm³/mol. The molecule has 3 rings (SSSR count). The minimum Gasteiger partial charge on any atom is -0.394 e. The van der Waals surface area contributed by atoms with Crippen molar-refractivity contribution in [2.75, 3.05) is 19.8 Å². The van der Waals surface area contributed by atoms with Gasteiger partial charge in [0, 0.05) is 0 Å². The van der Waals surface area contributed by atoms with Gasteiger partial charge in [-0.3, -0.25) is 0 Å². The third-order valence-electron chi connectivity index (χ3n) is 5.62. The smallest absolute Gasteiger partial charge is 0.186 e. The van der Waals surface area contributed by atoms with Crippen molar-refractivity contribution in [2.24, 2.45) is 0 Å². The Morgan fingerprint density at radius 1 is 0.567 bits per heavy atom. The van der Waals surface area contributed by atoms with Gasteiger partial charge in [-0.05, 0) is 6.92 Å². The molecule has 0 saturated carbocycles. The van der Waals surface area contributed by atoms with E-state index in [1.807, 2.05) is 0 Å². The summed E-state index contributed by atoms with van der Waals surface area (Å²) < 4.78 is 26.7. The standard InChI is InChI=1S/C17H30O13/c1-5-9(19)11(21)7(28-5)3-26-16-14(24)12(22)8(30-16)4-27-17-15(25)13(23)10(20)6(2-18)29-17/h5-25H,2-4H2,1H3. The van der Waals surface area contributed by atoms with Crippen molar-refractivity contribution in [1.82, 2.24) is 0 Å². The van der Waals surface area contributed by atoms with Crippen molar-refractivity contribution >= 4 is 0 Å². The van der Waals surface area contributed by atoms with E-state index in [0.29, 0.717) is 0 Å². The summed E-state index contributed by atoms with van der Waals surface area (Å²) in [5, 5.41) is 78.5. The Morgan fingerprint density at radius 3 is 1.50 bits per heavy atom. The van der Waals surface area contributed by atoms with E-state index in [1.165, 1.54) is 0 Å². The maximum absolute atomic E-state index is 10.2. The maximum atomic E-state index is 10.2. The molecular formula is C17H30O13. The molecule has 3 aliphatic heterocycles. The Labute approximate surface area is 171 Å². The Bertz CT molecular complexity index is 550. The molecule has 0 aliphatic carbocycles. The van der Waals surface area contributed by atoms with Crippen LogP contribution in [0.5, 0.6) is 0 Å². The van der Waals surface area contributed by atoms with Crippen LogP contribution in [0.4, 0.5) is 0 Å². The highest BCUT2D eigenvalue weighted by Crippen LogP contribution is 2.27. The second kappa shape index (κ2) is 9.95. The number of hydrogen-bond donors (Lipinski definition) is 8. The number of aliphatic hydroxyl groups is 8. The lowest BCUT2D eigenvalue weighted by Crippen LogP contribution is -2.59. The molecule has 3 heterocycles. The fraction of sp³-hybridized carbons (Fsp3) is 1.00. The summed E-state index contributed by atoms with van der Waals surface area (Å²) in [7, 11) is 0. The molecule has 0 aromatic rings. The molecule has 0 aromatic carbocycles. The molecule has 0 amide bonds. The van der Waals surface area contributed by atoms with Gasteiger partial charge >= 0.3 is 0 Å². The molecule has 13 nitrogen and oxygen atoms in total. The van der Waals surface area contributed by atoms with Crippen molar-refractivity contribution in [1.29, 1.82) is 0 Å². The highest BCUT2D eigenvalue weighted by atomic mass is 16.7.